The van der Waals surface area contributed by atoms with Crippen molar-refractivity contribution in [3.63, 3.8) is 0 Å². The van der Waals surface area contributed by atoms with Crippen molar-refractivity contribution < 1.29 is 14.8 Å². The molecule has 0 aromatic heterocycles. The minimum Gasteiger partial charge on any atom is -0.480 e. The molecule has 0 radical (unpaired) electrons. The number of halogens is 1. The number of nitrogens with two attached hydrogens (primary N) is 1. The Morgan fingerprint density at radius 1 is 1.61 bits per heavy atom. The lowest BCUT2D eigenvalue weighted by Crippen LogP contribution is -2.32. The van der Waals surface area contributed by atoms with E-state index in [2.05, 4.69) is 15.9 Å². The molecule has 0 aliphatic heterocycles. The molecule has 6 nitrogen and oxygen atoms in total. The van der Waals surface area contributed by atoms with Crippen molar-refractivity contribution in [1.29, 1.82) is 0 Å². The Bertz CT molecular complexity index is 469. The van der Waals surface area contributed by atoms with Gasteiger partial charge in [0.1, 0.15) is 6.04 Å². The fourth-order valence-corrected chi connectivity index (χ4v) is 2.52. The van der Waals surface area contributed by atoms with Crippen LogP contribution in [0.4, 0.5) is 5.69 Å². The molecular formula is C10H11BrN2O4S. The van der Waals surface area contributed by atoms with Crippen LogP contribution in [0.1, 0.15) is 5.56 Å². The molecule has 0 amide bonds. The van der Waals surface area contributed by atoms with Gasteiger partial charge in [0.05, 0.1) is 4.92 Å². The minimum absolute atomic E-state index is 0.0146. The summed E-state index contributed by atoms with van der Waals surface area (Å²) in [5.74, 6) is -0.513. The number of rotatable bonds is 6. The van der Waals surface area contributed by atoms with E-state index in [0.717, 1.165) is 0 Å². The summed E-state index contributed by atoms with van der Waals surface area (Å²) in [5, 5.41) is 19.4. The first-order chi connectivity index (χ1) is 8.41. The van der Waals surface area contributed by atoms with Crippen molar-refractivity contribution in [2.24, 2.45) is 5.73 Å². The number of nitrogens with zero attached hydrogens (tertiary/aromatic N) is 1. The molecule has 0 saturated carbocycles. The summed E-state index contributed by atoms with van der Waals surface area (Å²) in [6.45, 7) is 0. The van der Waals surface area contributed by atoms with Gasteiger partial charge in [-0.15, -0.1) is 0 Å². The van der Waals surface area contributed by atoms with E-state index in [4.69, 9.17) is 10.8 Å². The van der Waals surface area contributed by atoms with Crippen molar-refractivity contribution in [2.75, 3.05) is 5.75 Å². The highest BCUT2D eigenvalue weighted by Crippen LogP contribution is 2.26. The fourth-order valence-electron chi connectivity index (χ4n) is 1.20. The standard InChI is InChI=1S/C10H11BrN2O4S/c11-7-2-1-6(9(3-7)13(16)17)4-18-5-8(12)10(14)15/h1-3,8H,4-5,12H2,(H,14,15). The molecule has 1 aromatic rings. The van der Waals surface area contributed by atoms with Crippen molar-refractivity contribution >= 4 is 39.3 Å². The highest BCUT2D eigenvalue weighted by Gasteiger charge is 2.16. The minimum atomic E-state index is -1.08. The van der Waals surface area contributed by atoms with E-state index in [0.29, 0.717) is 15.8 Å². The smallest absolute Gasteiger partial charge is 0.321 e. The second kappa shape index (κ2) is 6.72. The molecule has 1 atom stereocenters. The topological polar surface area (TPSA) is 106 Å². The van der Waals surface area contributed by atoms with E-state index < -0.39 is 16.9 Å². The Labute approximate surface area is 116 Å². The van der Waals surface area contributed by atoms with Gasteiger partial charge < -0.3 is 10.8 Å². The van der Waals surface area contributed by atoms with Gasteiger partial charge in [-0.2, -0.15) is 11.8 Å². The van der Waals surface area contributed by atoms with Gasteiger partial charge in [0.25, 0.3) is 5.69 Å². The van der Waals surface area contributed by atoms with Crippen LogP contribution in [-0.2, 0) is 10.5 Å². The molecule has 0 aliphatic carbocycles. The van der Waals surface area contributed by atoms with Gasteiger partial charge in [-0.05, 0) is 6.07 Å². The van der Waals surface area contributed by atoms with E-state index in [1.165, 1.54) is 17.8 Å². The number of carboxylic acids is 1. The van der Waals surface area contributed by atoms with Crippen LogP contribution in [0.2, 0.25) is 0 Å². The van der Waals surface area contributed by atoms with E-state index in [1.54, 1.807) is 12.1 Å². The predicted molar refractivity (Wildman–Crippen MR) is 72.6 cm³/mol. The molecule has 1 rings (SSSR count). The molecule has 3 N–H and O–H groups in total. The highest BCUT2D eigenvalue weighted by molar-refractivity contribution is 9.10. The van der Waals surface area contributed by atoms with Crippen LogP contribution in [0.15, 0.2) is 22.7 Å². The third-order valence-electron chi connectivity index (χ3n) is 2.12. The van der Waals surface area contributed by atoms with Gasteiger partial charge in [-0.25, -0.2) is 0 Å². The largest absolute Gasteiger partial charge is 0.480 e. The Balaban J connectivity index is 2.67. The zero-order chi connectivity index (χ0) is 13.7. The molecule has 1 aromatic carbocycles. The van der Waals surface area contributed by atoms with Crippen molar-refractivity contribution in [3.05, 3.63) is 38.3 Å². The third kappa shape index (κ3) is 4.28. The van der Waals surface area contributed by atoms with Crippen LogP contribution in [0.5, 0.6) is 0 Å². The average molecular weight is 335 g/mol. The maximum absolute atomic E-state index is 10.8. The summed E-state index contributed by atoms with van der Waals surface area (Å²) in [6, 6.07) is 3.82. The van der Waals surface area contributed by atoms with Crippen LogP contribution in [0.25, 0.3) is 0 Å². The number of carbonyl (C=O) groups is 1. The van der Waals surface area contributed by atoms with Crippen LogP contribution in [0, 0.1) is 10.1 Å². The molecular weight excluding hydrogens is 324 g/mol. The normalized spacial score (nSPS) is 12.1. The van der Waals surface area contributed by atoms with E-state index in [-0.39, 0.29) is 11.4 Å². The summed E-state index contributed by atoms with van der Waals surface area (Å²) in [7, 11) is 0. The summed E-state index contributed by atoms with van der Waals surface area (Å²) < 4.78 is 0.630. The zero-order valence-electron chi connectivity index (χ0n) is 9.21. The maximum atomic E-state index is 10.8. The van der Waals surface area contributed by atoms with Gasteiger partial charge in [-0.3, -0.25) is 14.9 Å². The molecule has 0 aliphatic rings. The maximum Gasteiger partial charge on any atom is 0.321 e. The molecule has 8 heteroatoms. The number of thioether (sulfide) groups is 1. The number of hydrogen-bond acceptors (Lipinski definition) is 5. The second-order valence-electron chi connectivity index (χ2n) is 3.49. The van der Waals surface area contributed by atoms with Crippen molar-refractivity contribution in [3.8, 4) is 0 Å². The molecule has 0 fully saturated rings. The molecule has 98 valence electrons. The van der Waals surface area contributed by atoms with Crippen LogP contribution >= 0.6 is 27.7 Å². The summed E-state index contributed by atoms with van der Waals surface area (Å²) >= 11 is 4.42. The number of benzene rings is 1. The number of carboxylic acid groups (broad SMARTS) is 1. The number of nitro groups is 1. The van der Waals surface area contributed by atoms with E-state index in [1.807, 2.05) is 0 Å². The summed E-state index contributed by atoms with van der Waals surface area (Å²) in [6.07, 6.45) is 0. The lowest BCUT2D eigenvalue weighted by molar-refractivity contribution is -0.385. The third-order valence-corrected chi connectivity index (χ3v) is 3.72. The average Bonchev–Trinajstić information content (AvgIpc) is 2.30. The quantitative estimate of drug-likeness (QED) is 0.608. The van der Waals surface area contributed by atoms with Crippen molar-refractivity contribution in [1.82, 2.24) is 0 Å². The van der Waals surface area contributed by atoms with Crippen molar-refractivity contribution in [2.45, 2.75) is 11.8 Å². The molecule has 0 spiro atoms. The van der Waals surface area contributed by atoms with Crippen LogP contribution < -0.4 is 5.73 Å². The van der Waals surface area contributed by atoms with Gasteiger partial charge in [0, 0.05) is 27.6 Å². The lowest BCUT2D eigenvalue weighted by Gasteiger charge is -2.06. The fraction of sp³-hybridized carbons (Fsp3) is 0.300. The van der Waals surface area contributed by atoms with Gasteiger partial charge >= 0.3 is 5.97 Å². The number of nitro benzene ring substituents is 1. The van der Waals surface area contributed by atoms with Gasteiger partial charge in [0.15, 0.2) is 0 Å². The molecule has 0 bridgehead atoms. The molecule has 18 heavy (non-hydrogen) atoms. The lowest BCUT2D eigenvalue weighted by atomic mass is 10.2. The first-order valence-electron chi connectivity index (χ1n) is 4.90. The van der Waals surface area contributed by atoms with Crippen LogP contribution in [-0.4, -0.2) is 27.8 Å². The molecule has 0 saturated heterocycles. The Morgan fingerprint density at radius 2 is 2.28 bits per heavy atom. The van der Waals surface area contributed by atoms with E-state index in [9.17, 15) is 14.9 Å². The van der Waals surface area contributed by atoms with Gasteiger partial charge in [-0.1, -0.05) is 22.0 Å². The SMILES string of the molecule is NC(CSCc1ccc(Br)cc1[N+](=O)[O-])C(=O)O. The van der Waals surface area contributed by atoms with Gasteiger partial charge in [0.2, 0.25) is 0 Å². The van der Waals surface area contributed by atoms with E-state index >= 15 is 0 Å². The number of aliphatic carboxylic acids is 1. The first-order valence-corrected chi connectivity index (χ1v) is 6.85. The van der Waals surface area contributed by atoms with Crippen LogP contribution in [0.3, 0.4) is 0 Å². The molecule has 1 unspecified atom stereocenters. The highest BCUT2D eigenvalue weighted by atomic mass is 79.9. The Kier molecular flexibility index (Phi) is 5.57. The Hall–Kier alpha value is -1.12. The summed E-state index contributed by atoms with van der Waals surface area (Å²) in [4.78, 5) is 20.9. The molecule has 0 heterocycles. The predicted octanol–water partition coefficient (Wildman–Crippen LogP) is 2.00. The monoisotopic (exact) mass is 334 g/mol. The first kappa shape index (κ1) is 14.9. The zero-order valence-corrected chi connectivity index (χ0v) is 11.6. The Morgan fingerprint density at radius 3 is 2.83 bits per heavy atom. The summed E-state index contributed by atoms with van der Waals surface area (Å²) in [5.41, 5.74) is 5.90. The number of hydrogen-bond donors (Lipinski definition) is 2. The second-order valence-corrected chi connectivity index (χ2v) is 5.44.